The van der Waals surface area contributed by atoms with E-state index in [2.05, 4.69) is 24.5 Å². The molecule has 5 amide bonds. The summed E-state index contributed by atoms with van der Waals surface area (Å²) in [6, 6.07) is -2.95. The zero-order valence-electron chi connectivity index (χ0n) is 33.8. The first kappa shape index (κ1) is 41.6. The quantitative estimate of drug-likeness (QED) is 0.168. The van der Waals surface area contributed by atoms with Crippen LogP contribution in [0.15, 0.2) is 0 Å². The molecule has 2 aliphatic heterocycles. The third-order valence-corrected chi connectivity index (χ3v) is 12.3. The molecule has 4 rings (SSSR count). The molecular weight excluding hydrogens is 660 g/mol. The van der Waals surface area contributed by atoms with Crippen molar-refractivity contribution in [3.63, 3.8) is 0 Å². The molecule has 0 aromatic heterocycles. The standard InChI is InChI=1S/C41H66N4O7/c1-12-13-25(34(50)29(47)18-24-14-15-24)19-28(46)33-26-16-17-41(10,11)27(26)22-45(33)36(51)35(39(5,6)7)43-37(52)42-30(38(2,3)4)23-44-31(48)20-40(8,9)21-32(44)49/h24-27,30,33,35H,12-23H2,1-11H3,(H2,42,43,52)/t25?,26-,27-,30+,33-,35+/m0/s1. The summed E-state index contributed by atoms with van der Waals surface area (Å²) < 4.78 is 0. The molecule has 52 heavy (non-hydrogen) atoms. The highest BCUT2D eigenvalue weighted by Gasteiger charge is 2.57. The van der Waals surface area contributed by atoms with Gasteiger partial charge in [-0.2, -0.15) is 0 Å². The Kier molecular flexibility index (Phi) is 12.3. The topological polar surface area (TPSA) is 150 Å². The van der Waals surface area contributed by atoms with Gasteiger partial charge in [-0.1, -0.05) is 82.6 Å². The first-order valence-electron chi connectivity index (χ1n) is 19.7. The van der Waals surface area contributed by atoms with Crippen molar-refractivity contribution in [1.82, 2.24) is 20.4 Å². The maximum atomic E-state index is 14.7. The third-order valence-electron chi connectivity index (χ3n) is 12.3. The molecule has 11 heteroatoms. The van der Waals surface area contributed by atoms with Gasteiger partial charge in [0, 0.05) is 44.7 Å². The summed E-state index contributed by atoms with van der Waals surface area (Å²) in [5, 5.41) is 5.91. The number of carbonyl (C=O) groups excluding carboxylic acids is 7. The number of Topliss-reactive ketones (excluding diaryl/α,β-unsaturated/α-hetero) is 3. The predicted octanol–water partition coefficient (Wildman–Crippen LogP) is 5.87. The molecule has 2 N–H and O–H groups in total. The SMILES string of the molecule is CCCC(CC(=O)[C@@H]1[C@H]2CCC(C)(C)[C@H]2CN1C(=O)[C@@H](NC(=O)N[C@H](CN1C(=O)CC(C)(C)CC1=O)C(C)(C)C)C(C)(C)C)C(=O)C(=O)CC1CC1. The van der Waals surface area contributed by atoms with Gasteiger partial charge in [0.05, 0.1) is 12.1 Å². The summed E-state index contributed by atoms with van der Waals surface area (Å²) in [7, 11) is 0. The van der Waals surface area contributed by atoms with Crippen molar-refractivity contribution in [2.45, 2.75) is 158 Å². The van der Waals surface area contributed by atoms with Crippen molar-refractivity contribution in [3.05, 3.63) is 0 Å². The molecule has 0 radical (unpaired) electrons. The van der Waals surface area contributed by atoms with Crippen LogP contribution in [0.5, 0.6) is 0 Å². The van der Waals surface area contributed by atoms with Crippen LogP contribution in [0.3, 0.4) is 0 Å². The normalized spacial score (nSPS) is 26.0. The number of piperidine rings is 1. The number of urea groups is 1. The Morgan fingerprint density at radius 1 is 0.865 bits per heavy atom. The second-order valence-corrected chi connectivity index (χ2v) is 20.1. The fraction of sp³-hybridized carbons (Fsp3) is 0.829. The Bertz CT molecular complexity index is 1410. The Labute approximate surface area is 311 Å². The van der Waals surface area contributed by atoms with Gasteiger partial charge >= 0.3 is 6.03 Å². The number of hydrogen-bond donors (Lipinski definition) is 2. The number of likely N-dealkylation sites (tertiary alicyclic amines) is 2. The monoisotopic (exact) mass is 726 g/mol. The van der Waals surface area contributed by atoms with E-state index in [9.17, 15) is 33.6 Å². The minimum Gasteiger partial charge on any atom is -0.333 e. The third kappa shape index (κ3) is 9.70. The number of ketones is 3. The van der Waals surface area contributed by atoms with E-state index in [0.717, 1.165) is 25.7 Å². The van der Waals surface area contributed by atoms with E-state index < -0.39 is 52.1 Å². The number of nitrogens with zero attached hydrogens (tertiary/aromatic N) is 2. The zero-order chi connectivity index (χ0) is 39.1. The van der Waals surface area contributed by atoms with Crippen molar-refractivity contribution < 1.29 is 33.6 Å². The molecule has 2 saturated heterocycles. The molecule has 292 valence electrons. The summed E-state index contributed by atoms with van der Waals surface area (Å²) in [5.41, 5.74) is -1.80. The van der Waals surface area contributed by atoms with Crippen LogP contribution in [-0.2, 0) is 28.8 Å². The highest BCUT2D eigenvalue weighted by molar-refractivity contribution is 6.38. The van der Waals surface area contributed by atoms with E-state index in [0.29, 0.717) is 19.4 Å². The number of carbonyl (C=O) groups is 7. The first-order valence-corrected chi connectivity index (χ1v) is 19.7. The molecule has 0 aromatic rings. The molecular formula is C41H66N4O7. The summed E-state index contributed by atoms with van der Waals surface area (Å²) in [5.74, 6) is -2.35. The van der Waals surface area contributed by atoms with Gasteiger partial charge in [0.25, 0.3) is 0 Å². The number of amides is 5. The number of rotatable bonds is 14. The number of fused-ring (bicyclic) bond motifs is 1. The molecule has 0 aromatic carbocycles. The molecule has 2 saturated carbocycles. The Balaban J connectivity index is 1.56. The summed E-state index contributed by atoms with van der Waals surface area (Å²) in [4.78, 5) is 98.0. The van der Waals surface area contributed by atoms with Gasteiger partial charge in [-0.25, -0.2) is 4.79 Å². The highest BCUT2D eigenvalue weighted by atomic mass is 16.2. The molecule has 2 aliphatic carbocycles. The van der Waals surface area contributed by atoms with E-state index in [1.165, 1.54) is 4.90 Å². The molecule has 4 aliphatic rings. The molecule has 2 heterocycles. The van der Waals surface area contributed by atoms with Crippen LogP contribution in [-0.4, -0.2) is 82.1 Å². The molecule has 6 atom stereocenters. The van der Waals surface area contributed by atoms with Crippen molar-refractivity contribution in [2.75, 3.05) is 13.1 Å². The lowest BCUT2D eigenvalue weighted by molar-refractivity contribution is -0.153. The lowest BCUT2D eigenvalue weighted by Gasteiger charge is -2.40. The van der Waals surface area contributed by atoms with Gasteiger partial charge in [-0.15, -0.1) is 0 Å². The van der Waals surface area contributed by atoms with E-state index in [-0.39, 0.29) is 84.7 Å². The van der Waals surface area contributed by atoms with Crippen molar-refractivity contribution in [2.24, 2.45) is 45.3 Å². The zero-order valence-corrected chi connectivity index (χ0v) is 33.8. The van der Waals surface area contributed by atoms with Crippen LogP contribution in [0.2, 0.25) is 0 Å². The first-order chi connectivity index (χ1) is 23.9. The van der Waals surface area contributed by atoms with Gasteiger partial charge in [-0.05, 0) is 71.5 Å². The van der Waals surface area contributed by atoms with Gasteiger partial charge in [0.2, 0.25) is 23.5 Å². The lowest BCUT2D eigenvalue weighted by Crippen LogP contribution is -2.62. The van der Waals surface area contributed by atoms with Gasteiger partial charge < -0.3 is 15.5 Å². The minimum atomic E-state index is -1.00. The Morgan fingerprint density at radius 2 is 1.46 bits per heavy atom. The van der Waals surface area contributed by atoms with Gasteiger partial charge in [0.15, 0.2) is 11.6 Å². The van der Waals surface area contributed by atoms with Crippen LogP contribution in [0.4, 0.5) is 4.79 Å². The number of nitrogens with one attached hydrogen (secondary N) is 2. The van der Waals surface area contributed by atoms with Crippen LogP contribution >= 0.6 is 0 Å². The summed E-state index contributed by atoms with van der Waals surface area (Å²) >= 11 is 0. The lowest BCUT2D eigenvalue weighted by atomic mass is 9.78. The molecule has 0 spiro atoms. The maximum absolute atomic E-state index is 14.7. The van der Waals surface area contributed by atoms with Gasteiger partial charge in [-0.3, -0.25) is 33.7 Å². The second kappa shape index (κ2) is 15.3. The van der Waals surface area contributed by atoms with E-state index >= 15 is 0 Å². The van der Waals surface area contributed by atoms with Crippen LogP contribution < -0.4 is 10.6 Å². The van der Waals surface area contributed by atoms with Crippen molar-refractivity contribution in [1.29, 1.82) is 0 Å². The van der Waals surface area contributed by atoms with E-state index in [1.54, 1.807) is 4.90 Å². The largest absolute Gasteiger partial charge is 0.333 e. The fourth-order valence-corrected chi connectivity index (χ4v) is 8.69. The maximum Gasteiger partial charge on any atom is 0.315 e. The molecule has 11 nitrogen and oxygen atoms in total. The average molecular weight is 727 g/mol. The fourth-order valence-electron chi connectivity index (χ4n) is 8.69. The van der Waals surface area contributed by atoms with E-state index in [1.807, 2.05) is 62.3 Å². The Morgan fingerprint density at radius 3 is 1.98 bits per heavy atom. The molecule has 0 bridgehead atoms. The van der Waals surface area contributed by atoms with E-state index in [4.69, 9.17) is 0 Å². The summed E-state index contributed by atoms with van der Waals surface area (Å²) in [6.45, 7) is 21.8. The highest BCUT2D eigenvalue weighted by Crippen LogP contribution is 2.53. The average Bonchev–Trinajstić information content (AvgIpc) is 3.64. The summed E-state index contributed by atoms with van der Waals surface area (Å²) in [6.07, 6.45) is 5.36. The van der Waals surface area contributed by atoms with Crippen LogP contribution in [0, 0.1) is 45.3 Å². The van der Waals surface area contributed by atoms with Crippen LogP contribution in [0.1, 0.15) is 140 Å². The number of hydrogen-bond acceptors (Lipinski definition) is 7. The smallest absolute Gasteiger partial charge is 0.315 e. The minimum absolute atomic E-state index is 0.0146. The van der Waals surface area contributed by atoms with Crippen molar-refractivity contribution in [3.8, 4) is 0 Å². The predicted molar refractivity (Wildman–Crippen MR) is 199 cm³/mol. The van der Waals surface area contributed by atoms with Crippen LogP contribution in [0.25, 0.3) is 0 Å². The second-order valence-electron chi connectivity index (χ2n) is 20.1. The Hall–Kier alpha value is -3.11. The number of imide groups is 1. The molecule has 4 fully saturated rings. The molecule has 1 unspecified atom stereocenters. The van der Waals surface area contributed by atoms with Crippen molar-refractivity contribution >= 4 is 41.1 Å². The van der Waals surface area contributed by atoms with Gasteiger partial charge in [0.1, 0.15) is 6.04 Å².